The van der Waals surface area contributed by atoms with E-state index in [0.29, 0.717) is 5.69 Å². The lowest BCUT2D eigenvalue weighted by Crippen LogP contribution is -2.15. The molecule has 0 radical (unpaired) electrons. The van der Waals surface area contributed by atoms with Gasteiger partial charge in [-0.3, -0.25) is 4.79 Å². The lowest BCUT2D eigenvalue weighted by Gasteiger charge is -2.08. The molecule has 0 aliphatic carbocycles. The zero-order chi connectivity index (χ0) is 18.0. The van der Waals surface area contributed by atoms with Gasteiger partial charge in [0.25, 0.3) is 11.7 Å². The topological polar surface area (TPSA) is 51.3 Å². The average molecular weight is 338 g/mol. The van der Waals surface area contributed by atoms with Crippen LogP contribution in [0.3, 0.4) is 0 Å². The number of rotatable bonds is 3. The third-order valence-corrected chi connectivity index (χ3v) is 3.61. The van der Waals surface area contributed by atoms with E-state index < -0.39 is 23.1 Å². The number of carbonyl (C=O) groups excluding carboxylic acids is 1. The molecule has 3 rings (SSSR count). The van der Waals surface area contributed by atoms with Crippen LogP contribution in [0.2, 0.25) is 0 Å². The number of hydrogen-bond donors (Lipinski definition) is 1. The van der Waals surface area contributed by atoms with E-state index in [2.05, 4.69) is 15.3 Å². The van der Waals surface area contributed by atoms with Gasteiger partial charge in [-0.05, 0) is 35.4 Å². The number of carbonyl (C=O) groups is 1. The van der Waals surface area contributed by atoms with Gasteiger partial charge in [-0.15, -0.1) is 0 Å². The Hall–Kier alpha value is -3.53. The third-order valence-electron chi connectivity index (χ3n) is 3.61. The summed E-state index contributed by atoms with van der Waals surface area (Å²) in [5.74, 6) is -2.42. The minimum Gasteiger partial charge on any atom is -0.359 e. The first-order valence-corrected chi connectivity index (χ1v) is 7.27. The molecule has 25 heavy (non-hydrogen) atoms. The Labute approximate surface area is 142 Å². The molecule has 0 aliphatic rings. The first-order chi connectivity index (χ1) is 12.0. The van der Waals surface area contributed by atoms with Crippen LogP contribution in [0.25, 0.3) is 16.1 Å². The van der Waals surface area contributed by atoms with Gasteiger partial charge in [0, 0.05) is 11.3 Å². The first-order valence-electron chi connectivity index (χ1n) is 7.27. The van der Waals surface area contributed by atoms with Gasteiger partial charge < -0.3 is 10.2 Å². The van der Waals surface area contributed by atoms with E-state index in [9.17, 15) is 13.6 Å². The van der Waals surface area contributed by atoms with E-state index >= 15 is 0 Å². The molecular formula is C18H12F2N4O. The van der Waals surface area contributed by atoms with E-state index in [1.54, 1.807) is 42.1 Å². The highest BCUT2D eigenvalue weighted by Gasteiger charge is 2.17. The fourth-order valence-electron chi connectivity index (χ4n) is 2.41. The van der Waals surface area contributed by atoms with Crippen LogP contribution in [0.1, 0.15) is 10.4 Å². The van der Waals surface area contributed by atoms with Gasteiger partial charge >= 0.3 is 0 Å². The number of amides is 1. The van der Waals surface area contributed by atoms with Crippen LogP contribution in [0.5, 0.6) is 0 Å². The smallest absolute Gasteiger partial charge is 0.296 e. The number of anilines is 1. The summed E-state index contributed by atoms with van der Waals surface area (Å²) >= 11 is 0. The standard InChI is InChI=1S/C18H12F2N4O/c1-21-16-10-15(24(2)23-16)11-6-8-12(9-7-11)22-18(25)17-13(19)4-3-5-14(17)20/h3-10H,2H3,(H,22,25). The van der Waals surface area contributed by atoms with Crippen molar-refractivity contribution in [1.82, 2.24) is 9.78 Å². The van der Waals surface area contributed by atoms with E-state index in [1.807, 2.05) is 0 Å². The number of nitrogens with one attached hydrogen (secondary N) is 1. The molecule has 3 aromatic rings. The highest BCUT2D eigenvalue weighted by molar-refractivity contribution is 6.04. The molecular weight excluding hydrogens is 326 g/mol. The third kappa shape index (κ3) is 3.23. The van der Waals surface area contributed by atoms with Crippen LogP contribution >= 0.6 is 0 Å². The maximum Gasteiger partial charge on any atom is 0.296 e. The Morgan fingerprint density at radius 2 is 1.80 bits per heavy atom. The zero-order valence-corrected chi connectivity index (χ0v) is 13.1. The fourth-order valence-corrected chi connectivity index (χ4v) is 2.41. The predicted molar refractivity (Wildman–Crippen MR) is 89.2 cm³/mol. The molecule has 1 aromatic heterocycles. The van der Waals surface area contributed by atoms with E-state index in [4.69, 9.17) is 6.57 Å². The number of benzene rings is 2. The molecule has 0 atom stereocenters. The summed E-state index contributed by atoms with van der Waals surface area (Å²) in [5.41, 5.74) is 1.30. The lowest BCUT2D eigenvalue weighted by atomic mass is 10.1. The van der Waals surface area contributed by atoms with Crippen LogP contribution in [-0.4, -0.2) is 15.7 Å². The summed E-state index contributed by atoms with van der Waals surface area (Å²) in [6.45, 7) is 6.98. The van der Waals surface area contributed by atoms with E-state index in [0.717, 1.165) is 23.4 Å². The van der Waals surface area contributed by atoms with Crippen LogP contribution in [-0.2, 0) is 7.05 Å². The molecule has 0 saturated carbocycles. The van der Waals surface area contributed by atoms with Gasteiger partial charge in [0.1, 0.15) is 17.2 Å². The molecule has 1 N–H and O–H groups in total. The fraction of sp³-hybridized carbons (Fsp3) is 0.0556. The average Bonchev–Trinajstić information content (AvgIpc) is 2.96. The summed E-state index contributed by atoms with van der Waals surface area (Å²) < 4.78 is 28.8. The largest absolute Gasteiger partial charge is 0.359 e. The molecule has 0 bridgehead atoms. The SMILES string of the molecule is [C-]#[N+]c1cc(-c2ccc(NC(=O)c3c(F)cccc3F)cc2)n(C)n1. The second-order valence-electron chi connectivity index (χ2n) is 5.25. The van der Waals surface area contributed by atoms with Crippen molar-refractivity contribution < 1.29 is 13.6 Å². The summed E-state index contributed by atoms with van der Waals surface area (Å²) in [4.78, 5) is 15.3. The van der Waals surface area contributed by atoms with Gasteiger partial charge in [-0.2, -0.15) is 4.68 Å². The summed E-state index contributed by atoms with van der Waals surface area (Å²) in [7, 11) is 1.72. The van der Waals surface area contributed by atoms with Crippen LogP contribution < -0.4 is 5.32 Å². The number of aromatic nitrogens is 2. The van der Waals surface area contributed by atoms with Gasteiger partial charge in [-0.1, -0.05) is 24.8 Å². The van der Waals surface area contributed by atoms with Gasteiger partial charge in [0.2, 0.25) is 0 Å². The van der Waals surface area contributed by atoms with Crippen molar-refractivity contribution in [3.63, 3.8) is 0 Å². The predicted octanol–water partition coefficient (Wildman–Crippen LogP) is 4.17. The number of nitrogens with zero attached hydrogens (tertiary/aromatic N) is 3. The maximum atomic E-state index is 13.6. The van der Waals surface area contributed by atoms with Crippen LogP contribution in [0, 0.1) is 18.2 Å². The summed E-state index contributed by atoms with van der Waals surface area (Å²) in [6, 6.07) is 11.6. The van der Waals surface area contributed by atoms with Gasteiger partial charge in [0.15, 0.2) is 0 Å². The maximum absolute atomic E-state index is 13.6. The molecule has 1 heterocycles. The van der Waals surface area contributed by atoms with Gasteiger partial charge in [0.05, 0.1) is 12.7 Å². The van der Waals surface area contributed by atoms with Crippen molar-refractivity contribution in [2.24, 2.45) is 7.05 Å². The van der Waals surface area contributed by atoms with Crippen molar-refractivity contribution in [3.8, 4) is 11.3 Å². The van der Waals surface area contributed by atoms with Gasteiger partial charge in [-0.25, -0.2) is 8.78 Å². The second kappa shape index (κ2) is 6.53. The van der Waals surface area contributed by atoms with Crippen molar-refractivity contribution in [2.75, 3.05) is 5.32 Å². The Morgan fingerprint density at radius 1 is 1.16 bits per heavy atom. The molecule has 1 amide bonds. The van der Waals surface area contributed by atoms with Crippen molar-refractivity contribution in [3.05, 3.63) is 77.1 Å². The highest BCUT2D eigenvalue weighted by atomic mass is 19.1. The Bertz CT molecular complexity index is 967. The molecule has 0 unspecified atom stereocenters. The first kappa shape index (κ1) is 16.3. The quantitative estimate of drug-likeness (QED) is 0.729. The van der Waals surface area contributed by atoms with Crippen molar-refractivity contribution in [2.45, 2.75) is 0 Å². The molecule has 0 saturated heterocycles. The lowest BCUT2D eigenvalue weighted by molar-refractivity contribution is 0.101. The number of halogens is 2. The highest BCUT2D eigenvalue weighted by Crippen LogP contribution is 2.25. The molecule has 2 aromatic carbocycles. The summed E-state index contributed by atoms with van der Waals surface area (Å²) in [5, 5.41) is 6.50. The number of hydrogen-bond acceptors (Lipinski definition) is 2. The minimum atomic E-state index is -0.921. The van der Waals surface area contributed by atoms with Crippen molar-refractivity contribution >= 4 is 17.4 Å². The Morgan fingerprint density at radius 3 is 2.36 bits per heavy atom. The van der Waals surface area contributed by atoms with Crippen LogP contribution in [0.15, 0.2) is 48.5 Å². The van der Waals surface area contributed by atoms with Crippen molar-refractivity contribution in [1.29, 1.82) is 0 Å². The molecule has 0 aliphatic heterocycles. The summed E-state index contributed by atoms with van der Waals surface area (Å²) in [6.07, 6.45) is 0. The Balaban J connectivity index is 1.82. The van der Waals surface area contributed by atoms with E-state index in [1.165, 1.54) is 6.07 Å². The minimum absolute atomic E-state index is 0.282. The Kier molecular flexibility index (Phi) is 4.27. The molecule has 7 heteroatoms. The monoisotopic (exact) mass is 338 g/mol. The molecule has 124 valence electrons. The van der Waals surface area contributed by atoms with E-state index in [-0.39, 0.29) is 5.82 Å². The second-order valence-corrected chi connectivity index (χ2v) is 5.25. The number of aryl methyl sites for hydroxylation is 1. The molecule has 0 fully saturated rings. The van der Waals surface area contributed by atoms with Crippen LogP contribution in [0.4, 0.5) is 20.3 Å². The molecule has 5 nitrogen and oxygen atoms in total. The normalized spacial score (nSPS) is 10.3. The molecule has 0 spiro atoms. The zero-order valence-electron chi connectivity index (χ0n) is 13.1.